The fourth-order valence-electron chi connectivity index (χ4n) is 4.10. The summed E-state index contributed by atoms with van der Waals surface area (Å²) in [5.74, 6) is 0.431. The zero-order chi connectivity index (χ0) is 23.4. The monoisotopic (exact) mass is 451 g/mol. The molecule has 0 saturated carbocycles. The molecule has 0 unspecified atom stereocenters. The third-order valence-corrected chi connectivity index (χ3v) is 5.93. The van der Waals surface area contributed by atoms with Crippen LogP contribution in [-0.2, 0) is 11.2 Å². The van der Waals surface area contributed by atoms with Gasteiger partial charge in [-0.15, -0.1) is 0 Å². The average molecular weight is 451 g/mol. The standard InChI is InChI=1S/C25H26FN3O4/c1-32-20-5-3-4-17(14-20)15-25(31)28-12-10-19(11-13-28)29-24(30)9-7-22(27-29)18-6-8-23(33-2)21(26)16-18/h3-9,14,16,19H,10-13,15H2,1-2H3. The largest absolute Gasteiger partial charge is 0.497 e. The van der Waals surface area contributed by atoms with Gasteiger partial charge in [-0.1, -0.05) is 12.1 Å². The lowest BCUT2D eigenvalue weighted by molar-refractivity contribution is -0.131. The van der Waals surface area contributed by atoms with Gasteiger partial charge in [-0.2, -0.15) is 5.10 Å². The number of amides is 1. The van der Waals surface area contributed by atoms with Crippen LogP contribution in [0.4, 0.5) is 4.39 Å². The maximum Gasteiger partial charge on any atom is 0.267 e. The number of carbonyl (C=O) groups is 1. The molecule has 2 heterocycles. The van der Waals surface area contributed by atoms with E-state index in [2.05, 4.69) is 5.10 Å². The number of hydrogen-bond donors (Lipinski definition) is 0. The number of hydrogen-bond acceptors (Lipinski definition) is 5. The first-order chi connectivity index (χ1) is 16.0. The van der Waals surface area contributed by atoms with Crippen LogP contribution in [0.25, 0.3) is 11.3 Å². The summed E-state index contributed by atoms with van der Waals surface area (Å²) in [5.41, 5.74) is 1.76. The zero-order valence-electron chi connectivity index (χ0n) is 18.7. The van der Waals surface area contributed by atoms with Gasteiger partial charge in [0.15, 0.2) is 11.6 Å². The summed E-state index contributed by atoms with van der Waals surface area (Å²) < 4.78 is 25.8. The Morgan fingerprint density at radius 2 is 1.85 bits per heavy atom. The summed E-state index contributed by atoms with van der Waals surface area (Å²) in [6, 6.07) is 15.0. The minimum atomic E-state index is -0.489. The van der Waals surface area contributed by atoms with E-state index in [1.54, 1.807) is 19.2 Å². The first-order valence-electron chi connectivity index (χ1n) is 10.8. The van der Waals surface area contributed by atoms with E-state index in [-0.39, 0.29) is 23.3 Å². The summed E-state index contributed by atoms with van der Waals surface area (Å²) in [6.07, 6.45) is 1.55. The van der Waals surface area contributed by atoms with Crippen LogP contribution in [0.5, 0.6) is 11.5 Å². The number of nitrogens with zero attached hydrogens (tertiary/aromatic N) is 3. The van der Waals surface area contributed by atoms with E-state index in [1.807, 2.05) is 29.2 Å². The molecule has 1 aliphatic heterocycles. The van der Waals surface area contributed by atoms with E-state index in [0.717, 1.165) is 11.3 Å². The van der Waals surface area contributed by atoms with Gasteiger partial charge in [-0.3, -0.25) is 9.59 Å². The summed E-state index contributed by atoms with van der Waals surface area (Å²) in [6.45, 7) is 1.09. The number of carbonyl (C=O) groups excluding carboxylic acids is 1. The Morgan fingerprint density at radius 3 is 2.55 bits per heavy atom. The van der Waals surface area contributed by atoms with Gasteiger partial charge in [0.1, 0.15) is 5.75 Å². The number of halogens is 1. The van der Waals surface area contributed by atoms with Gasteiger partial charge in [0, 0.05) is 24.7 Å². The summed E-state index contributed by atoms with van der Waals surface area (Å²) >= 11 is 0. The van der Waals surface area contributed by atoms with Crippen LogP contribution in [0.2, 0.25) is 0 Å². The highest BCUT2D eigenvalue weighted by Crippen LogP contribution is 2.26. The molecule has 2 aromatic carbocycles. The fourth-order valence-corrected chi connectivity index (χ4v) is 4.10. The maximum absolute atomic E-state index is 14.1. The molecule has 3 aromatic rings. The Labute approximate surface area is 191 Å². The van der Waals surface area contributed by atoms with Crippen molar-refractivity contribution in [3.8, 4) is 22.8 Å². The van der Waals surface area contributed by atoms with Crippen molar-refractivity contribution in [1.82, 2.24) is 14.7 Å². The second-order valence-electron chi connectivity index (χ2n) is 7.99. The van der Waals surface area contributed by atoms with E-state index in [0.29, 0.717) is 43.6 Å². The summed E-state index contributed by atoms with van der Waals surface area (Å²) in [7, 11) is 3.01. The van der Waals surface area contributed by atoms with Gasteiger partial charge >= 0.3 is 0 Å². The molecule has 1 saturated heterocycles. The number of rotatable bonds is 6. The lowest BCUT2D eigenvalue weighted by Crippen LogP contribution is -2.42. The topological polar surface area (TPSA) is 73.7 Å². The number of benzene rings is 2. The first-order valence-corrected chi connectivity index (χ1v) is 10.8. The van der Waals surface area contributed by atoms with Crippen LogP contribution in [-0.4, -0.2) is 47.9 Å². The Kier molecular flexibility index (Phi) is 6.72. The van der Waals surface area contributed by atoms with Crippen LogP contribution in [0.15, 0.2) is 59.4 Å². The van der Waals surface area contributed by atoms with Crippen LogP contribution in [0, 0.1) is 5.82 Å². The van der Waals surface area contributed by atoms with Crippen molar-refractivity contribution in [2.24, 2.45) is 0 Å². The second-order valence-corrected chi connectivity index (χ2v) is 7.99. The molecular weight excluding hydrogens is 425 g/mol. The van der Waals surface area contributed by atoms with Crippen LogP contribution in [0.1, 0.15) is 24.4 Å². The molecule has 0 bridgehead atoms. The van der Waals surface area contributed by atoms with E-state index in [9.17, 15) is 14.0 Å². The molecule has 7 nitrogen and oxygen atoms in total. The van der Waals surface area contributed by atoms with Crippen LogP contribution >= 0.6 is 0 Å². The second kappa shape index (κ2) is 9.85. The van der Waals surface area contributed by atoms with E-state index in [4.69, 9.17) is 9.47 Å². The predicted molar refractivity (Wildman–Crippen MR) is 122 cm³/mol. The molecule has 0 radical (unpaired) electrons. The molecule has 0 N–H and O–H groups in total. The molecule has 1 aliphatic rings. The molecule has 1 aromatic heterocycles. The fraction of sp³-hybridized carbons (Fsp3) is 0.320. The molecule has 4 rings (SSSR count). The quantitative estimate of drug-likeness (QED) is 0.574. The Hall–Kier alpha value is -3.68. The van der Waals surface area contributed by atoms with Gasteiger partial charge in [-0.25, -0.2) is 9.07 Å². The third-order valence-electron chi connectivity index (χ3n) is 5.93. The highest BCUT2D eigenvalue weighted by Gasteiger charge is 2.25. The number of piperidine rings is 1. The Morgan fingerprint density at radius 1 is 1.06 bits per heavy atom. The van der Waals surface area contributed by atoms with Crippen LogP contribution in [0.3, 0.4) is 0 Å². The van der Waals surface area contributed by atoms with Gasteiger partial charge in [0.25, 0.3) is 5.56 Å². The van der Waals surface area contributed by atoms with Crippen LogP contribution < -0.4 is 15.0 Å². The molecule has 8 heteroatoms. The van der Waals surface area contributed by atoms with Crippen molar-refractivity contribution in [2.75, 3.05) is 27.3 Å². The van der Waals surface area contributed by atoms with E-state index < -0.39 is 5.82 Å². The average Bonchev–Trinajstić information content (AvgIpc) is 2.84. The molecule has 33 heavy (non-hydrogen) atoms. The first kappa shape index (κ1) is 22.5. The number of methoxy groups -OCH3 is 2. The predicted octanol–water partition coefficient (Wildman–Crippen LogP) is 3.47. The van der Waals surface area contributed by atoms with Crippen molar-refractivity contribution >= 4 is 5.91 Å². The molecule has 1 fully saturated rings. The highest BCUT2D eigenvalue weighted by atomic mass is 19.1. The molecule has 0 spiro atoms. The van der Waals surface area contributed by atoms with E-state index in [1.165, 1.54) is 30.0 Å². The van der Waals surface area contributed by atoms with Crippen molar-refractivity contribution in [1.29, 1.82) is 0 Å². The SMILES string of the molecule is COc1cccc(CC(=O)N2CCC(n3nc(-c4ccc(OC)c(F)c4)ccc3=O)CC2)c1. The van der Waals surface area contributed by atoms with Gasteiger partial charge in [0.2, 0.25) is 5.91 Å². The minimum Gasteiger partial charge on any atom is -0.497 e. The number of likely N-dealkylation sites (tertiary alicyclic amines) is 1. The molecule has 1 amide bonds. The molecule has 0 atom stereocenters. The highest BCUT2D eigenvalue weighted by molar-refractivity contribution is 5.79. The maximum atomic E-state index is 14.1. The van der Waals surface area contributed by atoms with Crippen molar-refractivity contribution in [3.05, 3.63) is 76.3 Å². The molecule has 0 aliphatic carbocycles. The van der Waals surface area contributed by atoms with Crippen molar-refractivity contribution in [2.45, 2.75) is 25.3 Å². The number of ether oxygens (including phenoxy) is 2. The Bertz CT molecular complexity index is 1200. The smallest absolute Gasteiger partial charge is 0.267 e. The molecule has 172 valence electrons. The van der Waals surface area contributed by atoms with Gasteiger partial charge in [-0.05, 0) is 54.8 Å². The Balaban J connectivity index is 1.44. The zero-order valence-corrected chi connectivity index (χ0v) is 18.7. The van der Waals surface area contributed by atoms with Crippen molar-refractivity contribution in [3.63, 3.8) is 0 Å². The molecular formula is C25H26FN3O4. The number of aromatic nitrogens is 2. The van der Waals surface area contributed by atoms with Gasteiger partial charge in [0.05, 0.1) is 32.4 Å². The van der Waals surface area contributed by atoms with Crippen molar-refractivity contribution < 1.29 is 18.7 Å². The lowest BCUT2D eigenvalue weighted by atomic mass is 10.0. The summed E-state index contributed by atoms with van der Waals surface area (Å²) in [4.78, 5) is 27.1. The van der Waals surface area contributed by atoms with E-state index >= 15 is 0 Å². The summed E-state index contributed by atoms with van der Waals surface area (Å²) in [5, 5.41) is 4.50. The minimum absolute atomic E-state index is 0.0458. The lowest BCUT2D eigenvalue weighted by Gasteiger charge is -2.32. The third kappa shape index (κ3) is 5.05. The normalized spacial score (nSPS) is 14.2. The van der Waals surface area contributed by atoms with Gasteiger partial charge < -0.3 is 14.4 Å².